The van der Waals surface area contributed by atoms with Crippen molar-refractivity contribution in [3.8, 4) is 11.5 Å². The third-order valence-electron chi connectivity index (χ3n) is 5.54. The van der Waals surface area contributed by atoms with Crippen LogP contribution in [0, 0.1) is 11.8 Å². The predicted molar refractivity (Wildman–Crippen MR) is 121 cm³/mol. The van der Waals surface area contributed by atoms with E-state index in [4.69, 9.17) is 18.1 Å². The summed E-state index contributed by atoms with van der Waals surface area (Å²) in [5.74, 6) is -2.27. The lowest BCUT2D eigenvalue weighted by molar-refractivity contribution is -0.162. The smallest absolute Gasteiger partial charge is 0.447 e. The Morgan fingerprint density at radius 1 is 1.03 bits per heavy atom. The average Bonchev–Trinajstić information content (AvgIpc) is 3.02. The lowest BCUT2D eigenvalue weighted by Crippen LogP contribution is -2.63. The monoisotopic (exact) mass is 491 g/mol. The summed E-state index contributed by atoms with van der Waals surface area (Å²) < 4.78 is 35.7. The summed E-state index contributed by atoms with van der Waals surface area (Å²) in [4.78, 5) is 26.5. The van der Waals surface area contributed by atoms with E-state index in [0.717, 1.165) is 0 Å². The summed E-state index contributed by atoms with van der Waals surface area (Å²) >= 11 is 0. The molecule has 1 amide bonds. The number of amides is 1. The van der Waals surface area contributed by atoms with Gasteiger partial charge in [0.25, 0.3) is 0 Å². The molecule has 1 fully saturated rings. The highest BCUT2D eigenvalue weighted by Crippen LogP contribution is 2.57. The molecule has 2 heterocycles. The number of para-hydroxylation sites is 2. The molecule has 0 spiro atoms. The predicted octanol–water partition coefficient (Wildman–Crippen LogP) is 3.67. The van der Waals surface area contributed by atoms with Gasteiger partial charge in [-0.3, -0.25) is 9.69 Å². The Kier molecular flexibility index (Phi) is 6.48. The van der Waals surface area contributed by atoms with E-state index in [9.17, 15) is 19.3 Å². The van der Waals surface area contributed by atoms with Crippen molar-refractivity contribution in [3.05, 3.63) is 72.1 Å². The van der Waals surface area contributed by atoms with Crippen LogP contribution in [0.2, 0.25) is 0 Å². The Labute approximate surface area is 193 Å². The van der Waals surface area contributed by atoms with Gasteiger partial charge in [0.15, 0.2) is 5.70 Å². The molecule has 0 bridgehead atoms. The summed E-state index contributed by atoms with van der Waals surface area (Å²) in [5, 5.41) is 10.1. The van der Waals surface area contributed by atoms with Crippen molar-refractivity contribution >= 4 is 29.2 Å². The molecule has 4 rings (SSSR count). The molecule has 174 valence electrons. The summed E-state index contributed by atoms with van der Waals surface area (Å²) in [7, 11) is -2.58. The van der Waals surface area contributed by atoms with E-state index in [1.165, 1.54) is 11.8 Å². The molecule has 1 unspecified atom stereocenters. The molecular formula is C22H23NO8P2. The average molecular weight is 491 g/mol. The second kappa shape index (κ2) is 9.18. The van der Waals surface area contributed by atoms with Crippen LogP contribution in [0.4, 0.5) is 0 Å². The molecule has 0 saturated carbocycles. The molecular weight excluding hydrogens is 468 g/mol. The highest BCUT2D eigenvalue weighted by molar-refractivity contribution is 7.49. The fraction of sp³-hybridized carbons (Fsp3) is 0.273. The van der Waals surface area contributed by atoms with Gasteiger partial charge < -0.3 is 23.2 Å². The Hall–Kier alpha value is -2.86. The lowest BCUT2D eigenvalue weighted by atomic mass is 9.79. The number of phosphoric ester groups is 1. The molecule has 2 aliphatic rings. The number of fused-ring (bicyclic) bond motifs is 1. The SMILES string of the molecule is C[C@@H](O)[C@H]1C(=O)N2C(C(=O)OP)=C(OP(=O)(Oc3ccccc3)Oc3ccccc3)[C@H](C)[C@H]12. The van der Waals surface area contributed by atoms with Crippen LogP contribution < -0.4 is 9.05 Å². The molecule has 0 aromatic heterocycles. The summed E-state index contributed by atoms with van der Waals surface area (Å²) in [6, 6.07) is 16.0. The highest BCUT2D eigenvalue weighted by atomic mass is 31.2. The zero-order valence-electron chi connectivity index (χ0n) is 17.9. The van der Waals surface area contributed by atoms with Gasteiger partial charge in [-0.25, -0.2) is 4.79 Å². The van der Waals surface area contributed by atoms with Gasteiger partial charge in [-0.05, 0) is 31.2 Å². The van der Waals surface area contributed by atoms with Gasteiger partial charge in [-0.15, -0.1) is 0 Å². The largest absolute Gasteiger partial charge is 0.646 e. The summed E-state index contributed by atoms with van der Waals surface area (Å²) in [6.45, 7) is 3.20. The number of rotatable bonds is 8. The first-order valence-electron chi connectivity index (χ1n) is 10.2. The van der Waals surface area contributed by atoms with E-state index in [0.29, 0.717) is 0 Å². The van der Waals surface area contributed by atoms with Crippen molar-refractivity contribution in [1.82, 2.24) is 4.90 Å². The Bertz CT molecular complexity index is 1080. The van der Waals surface area contributed by atoms with Gasteiger partial charge in [0, 0.05) is 5.92 Å². The minimum absolute atomic E-state index is 0.0702. The first kappa shape index (κ1) is 23.3. The van der Waals surface area contributed by atoms with Gasteiger partial charge in [0.2, 0.25) is 5.91 Å². The molecule has 5 atom stereocenters. The van der Waals surface area contributed by atoms with Crippen molar-refractivity contribution in [3.63, 3.8) is 0 Å². The third-order valence-corrected chi connectivity index (χ3v) is 7.04. The number of hydrogen-bond acceptors (Lipinski definition) is 8. The van der Waals surface area contributed by atoms with E-state index >= 15 is 0 Å². The van der Waals surface area contributed by atoms with Crippen molar-refractivity contribution < 1.29 is 37.4 Å². The topological polar surface area (TPSA) is 112 Å². The van der Waals surface area contributed by atoms with E-state index < -0.39 is 43.7 Å². The molecule has 2 aromatic carbocycles. The molecule has 2 aromatic rings. The molecule has 2 aliphatic heterocycles. The molecule has 33 heavy (non-hydrogen) atoms. The number of hydrogen-bond donors (Lipinski definition) is 1. The number of benzene rings is 2. The van der Waals surface area contributed by atoms with Gasteiger partial charge >= 0.3 is 13.8 Å². The Balaban J connectivity index is 1.73. The van der Waals surface area contributed by atoms with Crippen LogP contribution in [-0.2, 0) is 23.2 Å². The molecule has 9 nitrogen and oxygen atoms in total. The highest BCUT2D eigenvalue weighted by Gasteiger charge is 2.62. The number of carbonyl (C=O) groups is 2. The van der Waals surface area contributed by atoms with Crippen LogP contribution in [0.15, 0.2) is 72.1 Å². The van der Waals surface area contributed by atoms with Gasteiger partial charge in [0.05, 0.1) is 27.5 Å². The van der Waals surface area contributed by atoms with E-state index in [1.54, 1.807) is 67.6 Å². The van der Waals surface area contributed by atoms with Gasteiger partial charge in [-0.2, -0.15) is 4.57 Å². The minimum Gasteiger partial charge on any atom is -0.447 e. The number of nitrogens with zero attached hydrogens (tertiary/aromatic N) is 1. The lowest BCUT2D eigenvalue weighted by Gasteiger charge is -2.46. The number of aliphatic hydroxyl groups excluding tert-OH is 1. The van der Waals surface area contributed by atoms with Crippen molar-refractivity contribution in [1.29, 1.82) is 0 Å². The van der Waals surface area contributed by atoms with Crippen LogP contribution in [0.5, 0.6) is 11.5 Å². The van der Waals surface area contributed by atoms with Crippen molar-refractivity contribution in [2.75, 3.05) is 0 Å². The fourth-order valence-corrected chi connectivity index (χ4v) is 5.56. The maximum Gasteiger partial charge on any atom is 0.646 e. The second-order valence-corrected chi connectivity index (χ2v) is 9.40. The van der Waals surface area contributed by atoms with E-state index in [2.05, 4.69) is 0 Å². The van der Waals surface area contributed by atoms with Crippen LogP contribution in [0.1, 0.15) is 13.8 Å². The maximum absolute atomic E-state index is 13.8. The van der Waals surface area contributed by atoms with Crippen molar-refractivity contribution in [2.24, 2.45) is 11.8 Å². The molecule has 1 saturated heterocycles. The first-order chi connectivity index (χ1) is 15.8. The second-order valence-electron chi connectivity index (χ2n) is 7.72. The van der Waals surface area contributed by atoms with E-state index in [-0.39, 0.29) is 23.0 Å². The molecule has 0 radical (unpaired) electrons. The number of β-lactam (4-membered cyclic amide) rings is 1. The zero-order chi connectivity index (χ0) is 23.8. The van der Waals surface area contributed by atoms with Crippen LogP contribution in [0.3, 0.4) is 0 Å². The molecule has 0 aliphatic carbocycles. The molecule has 11 heteroatoms. The normalized spacial score (nSPS) is 22.8. The molecule has 1 N–H and O–H groups in total. The zero-order valence-corrected chi connectivity index (χ0v) is 19.9. The van der Waals surface area contributed by atoms with Gasteiger partial charge in [-0.1, -0.05) is 43.3 Å². The van der Waals surface area contributed by atoms with Crippen molar-refractivity contribution in [2.45, 2.75) is 26.0 Å². The van der Waals surface area contributed by atoms with Crippen LogP contribution >= 0.6 is 17.3 Å². The standard InChI is InChI=1S/C22H23NO8P2/c1-13-18-17(14(2)24)21(25)23(18)19(22(26)28-32)20(13)31-33(27,29-15-9-5-3-6-10-15)30-16-11-7-4-8-12-16/h3-14,17-18,24H,32H2,1-2H3/t13-,14-,17-,18-/m1/s1. The van der Waals surface area contributed by atoms with Crippen LogP contribution in [-0.4, -0.2) is 34.0 Å². The number of carbonyl (C=O) groups excluding carboxylic acids is 2. The number of aliphatic hydroxyl groups is 1. The minimum atomic E-state index is -4.40. The quantitative estimate of drug-likeness (QED) is 0.440. The third kappa shape index (κ3) is 4.36. The van der Waals surface area contributed by atoms with E-state index in [1.807, 2.05) is 9.47 Å². The Morgan fingerprint density at radius 3 is 2.00 bits per heavy atom. The summed E-state index contributed by atoms with van der Waals surface area (Å²) in [6.07, 6.45) is -0.943. The Morgan fingerprint density at radius 2 is 1.55 bits per heavy atom. The van der Waals surface area contributed by atoms with Gasteiger partial charge in [0.1, 0.15) is 17.3 Å². The van der Waals surface area contributed by atoms with Crippen LogP contribution in [0.25, 0.3) is 0 Å². The maximum atomic E-state index is 13.8. The number of phosphoric acid groups is 1. The summed E-state index contributed by atoms with van der Waals surface area (Å²) in [5.41, 5.74) is -0.196. The first-order valence-corrected chi connectivity index (χ1v) is 12.1. The fourth-order valence-electron chi connectivity index (χ4n) is 4.09.